The summed E-state index contributed by atoms with van der Waals surface area (Å²) in [6, 6.07) is 17.1. The first kappa shape index (κ1) is 19.0. The Labute approximate surface area is 178 Å². The average molecular weight is 426 g/mol. The molecule has 3 aromatic rings. The first-order valence-corrected chi connectivity index (χ1v) is 10.2. The lowest BCUT2D eigenvalue weighted by Gasteiger charge is -2.17. The molecule has 2 aromatic carbocycles. The zero-order valence-electron chi connectivity index (χ0n) is 15.2. The summed E-state index contributed by atoms with van der Waals surface area (Å²) in [6.45, 7) is 4.00. The Morgan fingerprint density at radius 3 is 2.64 bits per heavy atom. The molecule has 1 aliphatic heterocycles. The topological polar surface area (TPSA) is 33.5 Å². The van der Waals surface area contributed by atoms with Crippen molar-refractivity contribution in [3.8, 4) is 11.3 Å². The lowest BCUT2D eigenvalue weighted by atomic mass is 10.1. The minimum atomic E-state index is -0.141. The van der Waals surface area contributed by atoms with Crippen molar-refractivity contribution in [3.63, 3.8) is 0 Å². The smallest absolute Gasteiger partial charge is 0.270 e. The van der Waals surface area contributed by atoms with Gasteiger partial charge in [0.05, 0.1) is 15.6 Å². The Bertz CT molecular complexity index is 1130. The van der Waals surface area contributed by atoms with Gasteiger partial charge in [-0.15, -0.1) is 0 Å². The Morgan fingerprint density at radius 1 is 1.11 bits per heavy atom. The number of thioether (sulfide) groups is 1. The van der Waals surface area contributed by atoms with Crippen molar-refractivity contribution in [1.82, 2.24) is 0 Å². The van der Waals surface area contributed by atoms with Crippen molar-refractivity contribution in [2.45, 2.75) is 13.8 Å². The fourth-order valence-corrected chi connectivity index (χ4v) is 4.59. The van der Waals surface area contributed by atoms with Crippen molar-refractivity contribution < 1.29 is 9.21 Å². The summed E-state index contributed by atoms with van der Waals surface area (Å²) in [6.07, 6.45) is 1.73. The number of benzene rings is 2. The Kier molecular flexibility index (Phi) is 5.15. The first-order valence-electron chi connectivity index (χ1n) is 8.64. The number of carbonyl (C=O) groups excluding carboxylic acids is 1. The van der Waals surface area contributed by atoms with Crippen LogP contribution in [0.25, 0.3) is 17.4 Å². The second-order valence-electron chi connectivity index (χ2n) is 6.49. The summed E-state index contributed by atoms with van der Waals surface area (Å²) in [5, 5.41) is 0.615. The summed E-state index contributed by atoms with van der Waals surface area (Å²) in [5.41, 5.74) is 3.78. The van der Waals surface area contributed by atoms with E-state index in [1.165, 1.54) is 11.8 Å². The lowest BCUT2D eigenvalue weighted by molar-refractivity contribution is -0.113. The van der Waals surface area contributed by atoms with Crippen LogP contribution in [0, 0.1) is 13.8 Å². The average Bonchev–Trinajstić information content (AvgIpc) is 3.21. The van der Waals surface area contributed by atoms with Gasteiger partial charge in [0, 0.05) is 11.6 Å². The second kappa shape index (κ2) is 7.59. The van der Waals surface area contributed by atoms with Gasteiger partial charge in [-0.05, 0) is 49.7 Å². The highest BCUT2D eigenvalue weighted by molar-refractivity contribution is 8.27. The number of carbonyl (C=O) groups is 1. The van der Waals surface area contributed by atoms with E-state index in [0.717, 1.165) is 22.4 Å². The number of anilines is 1. The Balaban J connectivity index is 1.64. The maximum atomic E-state index is 13.0. The normalized spacial score (nSPS) is 15.7. The van der Waals surface area contributed by atoms with Crippen molar-refractivity contribution in [2.75, 3.05) is 4.90 Å². The van der Waals surface area contributed by atoms with Gasteiger partial charge in [0.1, 0.15) is 11.5 Å². The predicted molar refractivity (Wildman–Crippen MR) is 121 cm³/mol. The van der Waals surface area contributed by atoms with Crippen LogP contribution >= 0.6 is 35.6 Å². The van der Waals surface area contributed by atoms with Gasteiger partial charge in [0.25, 0.3) is 5.91 Å². The van der Waals surface area contributed by atoms with Crippen LogP contribution in [0.1, 0.15) is 16.9 Å². The van der Waals surface area contributed by atoms with Crippen LogP contribution in [-0.2, 0) is 4.79 Å². The number of rotatable bonds is 3. The van der Waals surface area contributed by atoms with Crippen LogP contribution in [0.15, 0.2) is 63.9 Å². The summed E-state index contributed by atoms with van der Waals surface area (Å²) < 4.78 is 6.40. The van der Waals surface area contributed by atoms with E-state index < -0.39 is 0 Å². The third-order valence-electron chi connectivity index (χ3n) is 4.43. The van der Waals surface area contributed by atoms with E-state index in [1.54, 1.807) is 11.0 Å². The quantitative estimate of drug-likeness (QED) is 0.348. The molecule has 0 unspecified atom stereocenters. The van der Waals surface area contributed by atoms with E-state index in [2.05, 4.69) is 0 Å². The molecule has 1 aliphatic rings. The van der Waals surface area contributed by atoms with Crippen LogP contribution in [0.4, 0.5) is 5.69 Å². The monoisotopic (exact) mass is 425 g/mol. The molecule has 0 radical (unpaired) electrons. The van der Waals surface area contributed by atoms with Crippen molar-refractivity contribution >= 4 is 57.6 Å². The van der Waals surface area contributed by atoms with E-state index in [-0.39, 0.29) is 5.91 Å². The van der Waals surface area contributed by atoms with Gasteiger partial charge < -0.3 is 4.42 Å². The molecule has 1 saturated heterocycles. The number of hydrogen-bond acceptors (Lipinski definition) is 4. The Hall–Kier alpha value is -2.34. The standard InChI is InChI=1S/C22H16ClNO2S2/c1-13-7-9-18(14(2)11-13)24-21(25)20(28-22(24)27)12-15-8-10-19(26-15)16-5-3-4-6-17(16)23/h3-12H,1-2H3/b20-12-. The van der Waals surface area contributed by atoms with Crippen LogP contribution in [0.5, 0.6) is 0 Å². The molecule has 0 bridgehead atoms. The number of amides is 1. The number of thiocarbonyl (C=S) groups is 1. The fraction of sp³-hybridized carbons (Fsp3) is 0.0909. The zero-order chi connectivity index (χ0) is 19.8. The maximum absolute atomic E-state index is 13.0. The van der Waals surface area contributed by atoms with Gasteiger partial charge in [-0.3, -0.25) is 9.69 Å². The highest BCUT2D eigenvalue weighted by Crippen LogP contribution is 2.38. The first-order chi connectivity index (χ1) is 13.4. The van der Waals surface area contributed by atoms with E-state index >= 15 is 0 Å². The van der Waals surface area contributed by atoms with Gasteiger partial charge >= 0.3 is 0 Å². The molecule has 1 amide bonds. The second-order valence-corrected chi connectivity index (χ2v) is 8.57. The van der Waals surface area contributed by atoms with Gasteiger partial charge in [0.2, 0.25) is 0 Å². The number of furan rings is 1. The molecule has 2 heterocycles. The van der Waals surface area contributed by atoms with Gasteiger partial charge in [-0.1, -0.05) is 65.4 Å². The molecule has 0 aliphatic carbocycles. The predicted octanol–water partition coefficient (Wildman–Crippen LogP) is 6.62. The zero-order valence-corrected chi connectivity index (χ0v) is 17.6. The molecule has 1 fully saturated rings. The molecule has 28 heavy (non-hydrogen) atoms. The molecule has 4 rings (SSSR count). The SMILES string of the molecule is Cc1ccc(N2C(=O)/C(=C/c3ccc(-c4ccccc4Cl)o3)SC2=S)c(C)c1. The largest absolute Gasteiger partial charge is 0.457 e. The fourth-order valence-electron chi connectivity index (χ4n) is 3.10. The van der Waals surface area contributed by atoms with Crippen LogP contribution in [-0.4, -0.2) is 10.2 Å². The molecular formula is C22H16ClNO2S2. The van der Waals surface area contributed by atoms with E-state index in [0.29, 0.717) is 25.8 Å². The van der Waals surface area contributed by atoms with Crippen molar-refractivity contribution in [3.05, 3.63) is 81.4 Å². The maximum Gasteiger partial charge on any atom is 0.270 e. The lowest BCUT2D eigenvalue weighted by Crippen LogP contribution is -2.28. The molecule has 0 spiro atoms. The van der Waals surface area contributed by atoms with E-state index in [4.69, 9.17) is 28.2 Å². The molecule has 0 saturated carbocycles. The van der Waals surface area contributed by atoms with Gasteiger partial charge in [-0.25, -0.2) is 0 Å². The minimum absolute atomic E-state index is 0.141. The van der Waals surface area contributed by atoms with Crippen LogP contribution in [0.3, 0.4) is 0 Å². The summed E-state index contributed by atoms with van der Waals surface area (Å²) in [7, 11) is 0. The highest BCUT2D eigenvalue weighted by atomic mass is 35.5. The highest BCUT2D eigenvalue weighted by Gasteiger charge is 2.34. The molecule has 1 aromatic heterocycles. The summed E-state index contributed by atoms with van der Waals surface area (Å²) >= 11 is 13.0. The number of hydrogen-bond donors (Lipinski definition) is 0. The van der Waals surface area contributed by atoms with Gasteiger partial charge in [-0.2, -0.15) is 0 Å². The number of nitrogens with zero attached hydrogens (tertiary/aromatic N) is 1. The molecule has 0 N–H and O–H groups in total. The van der Waals surface area contributed by atoms with Crippen molar-refractivity contribution in [1.29, 1.82) is 0 Å². The molecule has 0 atom stereocenters. The van der Waals surface area contributed by atoms with E-state index in [1.807, 2.05) is 68.4 Å². The summed E-state index contributed by atoms with van der Waals surface area (Å²) in [4.78, 5) is 15.1. The third-order valence-corrected chi connectivity index (χ3v) is 6.06. The number of halogens is 1. The van der Waals surface area contributed by atoms with E-state index in [9.17, 15) is 4.79 Å². The molecule has 140 valence electrons. The van der Waals surface area contributed by atoms with Crippen molar-refractivity contribution in [2.24, 2.45) is 0 Å². The van der Waals surface area contributed by atoms with Crippen LogP contribution < -0.4 is 4.90 Å². The molecular weight excluding hydrogens is 410 g/mol. The summed E-state index contributed by atoms with van der Waals surface area (Å²) in [5.74, 6) is 1.09. The van der Waals surface area contributed by atoms with Gasteiger partial charge in [0.15, 0.2) is 4.32 Å². The Morgan fingerprint density at radius 2 is 1.89 bits per heavy atom. The number of aryl methyl sites for hydroxylation is 2. The third kappa shape index (κ3) is 3.53. The molecule has 3 nitrogen and oxygen atoms in total. The van der Waals surface area contributed by atoms with Crippen LogP contribution in [0.2, 0.25) is 5.02 Å². The minimum Gasteiger partial charge on any atom is -0.457 e. The molecule has 6 heteroatoms.